The van der Waals surface area contributed by atoms with Crippen molar-refractivity contribution in [2.75, 3.05) is 6.54 Å². The Morgan fingerprint density at radius 3 is 2.68 bits per heavy atom. The number of hydrogen-bond donors (Lipinski definition) is 1. The molecule has 1 aliphatic rings. The lowest BCUT2D eigenvalue weighted by atomic mass is 10.2. The maximum Gasteiger partial charge on any atom is 0.224 e. The summed E-state index contributed by atoms with van der Waals surface area (Å²) < 4.78 is 0. The molecule has 0 aromatic carbocycles. The molecular weight excluding hydrogens is 278 g/mol. The monoisotopic (exact) mass is 303 g/mol. The smallest absolute Gasteiger partial charge is 0.224 e. The van der Waals surface area contributed by atoms with Crippen LogP contribution in [0.2, 0.25) is 0 Å². The van der Waals surface area contributed by atoms with E-state index in [1.165, 1.54) is 0 Å². The third-order valence-electron chi connectivity index (χ3n) is 4.09. The number of nitrogens with zero attached hydrogens (tertiary/aromatic N) is 2. The summed E-state index contributed by atoms with van der Waals surface area (Å²) in [4.78, 5) is 30.2. The molecule has 2 rings (SSSR count). The first-order valence-electron chi connectivity index (χ1n) is 7.96. The first-order chi connectivity index (χ1) is 10.5. The molecule has 0 spiro atoms. The van der Waals surface area contributed by atoms with Crippen LogP contribution in [0.3, 0.4) is 0 Å². The standard InChI is InChI=1S/C17H25N3O2/c1-12(2)20(11-14-6-4-5-8-18-14)16(21)7-9-19-17(22)15-10-13(15)3/h4-6,8,12-13,15H,7,9-11H2,1-3H3,(H,19,22)/t13-,15-/m0/s1. The van der Waals surface area contributed by atoms with Crippen molar-refractivity contribution in [2.45, 2.75) is 46.2 Å². The largest absolute Gasteiger partial charge is 0.355 e. The SMILES string of the molecule is CC(C)N(Cc1ccccn1)C(=O)CCNC(=O)[C@H]1C[C@@H]1C. The van der Waals surface area contributed by atoms with Crippen molar-refractivity contribution < 1.29 is 9.59 Å². The fourth-order valence-electron chi connectivity index (χ4n) is 2.48. The van der Waals surface area contributed by atoms with Gasteiger partial charge in [0.1, 0.15) is 0 Å². The van der Waals surface area contributed by atoms with E-state index < -0.39 is 0 Å². The molecule has 5 heteroatoms. The molecule has 0 saturated heterocycles. The second-order valence-corrected chi connectivity index (χ2v) is 6.30. The van der Waals surface area contributed by atoms with E-state index in [1.807, 2.05) is 32.0 Å². The molecule has 2 atom stereocenters. The minimum atomic E-state index is 0.0461. The summed E-state index contributed by atoms with van der Waals surface area (Å²) in [7, 11) is 0. The van der Waals surface area contributed by atoms with E-state index in [0.717, 1.165) is 12.1 Å². The molecule has 1 heterocycles. The second-order valence-electron chi connectivity index (χ2n) is 6.30. The summed E-state index contributed by atoms with van der Waals surface area (Å²) >= 11 is 0. The minimum Gasteiger partial charge on any atom is -0.355 e. The third kappa shape index (κ3) is 4.55. The molecule has 0 bridgehead atoms. The topological polar surface area (TPSA) is 62.3 Å². The molecule has 1 N–H and O–H groups in total. The Hall–Kier alpha value is -1.91. The molecule has 2 amide bonds. The minimum absolute atomic E-state index is 0.0461. The van der Waals surface area contributed by atoms with Gasteiger partial charge in [-0.1, -0.05) is 13.0 Å². The Morgan fingerprint density at radius 2 is 2.14 bits per heavy atom. The molecule has 22 heavy (non-hydrogen) atoms. The number of carbonyl (C=O) groups is 2. The Morgan fingerprint density at radius 1 is 1.41 bits per heavy atom. The van der Waals surface area contributed by atoms with Crippen molar-refractivity contribution in [1.29, 1.82) is 0 Å². The molecular formula is C17H25N3O2. The number of carbonyl (C=O) groups excluding carboxylic acids is 2. The summed E-state index contributed by atoms with van der Waals surface area (Å²) in [6.07, 6.45) is 3.03. The van der Waals surface area contributed by atoms with Crippen molar-refractivity contribution in [2.24, 2.45) is 11.8 Å². The van der Waals surface area contributed by atoms with E-state index >= 15 is 0 Å². The van der Waals surface area contributed by atoms with Crippen molar-refractivity contribution in [3.05, 3.63) is 30.1 Å². The van der Waals surface area contributed by atoms with Gasteiger partial charge in [-0.25, -0.2) is 0 Å². The highest BCUT2D eigenvalue weighted by molar-refractivity contribution is 5.82. The Balaban J connectivity index is 1.80. The van der Waals surface area contributed by atoms with Gasteiger partial charge in [0.05, 0.1) is 12.2 Å². The van der Waals surface area contributed by atoms with Crippen LogP contribution in [0, 0.1) is 11.8 Å². The molecule has 1 aliphatic carbocycles. The van der Waals surface area contributed by atoms with Crippen LogP contribution < -0.4 is 5.32 Å². The van der Waals surface area contributed by atoms with Gasteiger partial charge in [0.15, 0.2) is 0 Å². The van der Waals surface area contributed by atoms with Crippen LogP contribution in [0.5, 0.6) is 0 Å². The van der Waals surface area contributed by atoms with Gasteiger partial charge >= 0.3 is 0 Å². The second kappa shape index (κ2) is 7.38. The van der Waals surface area contributed by atoms with Crippen molar-refractivity contribution in [3.63, 3.8) is 0 Å². The summed E-state index contributed by atoms with van der Waals surface area (Å²) in [6.45, 7) is 6.97. The van der Waals surface area contributed by atoms with Gasteiger partial charge in [-0.15, -0.1) is 0 Å². The number of hydrogen-bond acceptors (Lipinski definition) is 3. The Labute approximate surface area is 132 Å². The molecule has 120 valence electrons. The fourth-order valence-corrected chi connectivity index (χ4v) is 2.48. The zero-order chi connectivity index (χ0) is 16.1. The molecule has 1 saturated carbocycles. The molecule has 1 aromatic heterocycles. The molecule has 0 radical (unpaired) electrons. The van der Waals surface area contributed by atoms with Crippen molar-refractivity contribution in [3.8, 4) is 0 Å². The van der Waals surface area contributed by atoms with E-state index in [1.54, 1.807) is 11.1 Å². The van der Waals surface area contributed by atoms with Gasteiger partial charge in [0, 0.05) is 31.1 Å². The maximum absolute atomic E-state index is 12.4. The third-order valence-corrected chi connectivity index (χ3v) is 4.09. The van der Waals surface area contributed by atoms with Crippen molar-refractivity contribution in [1.82, 2.24) is 15.2 Å². The van der Waals surface area contributed by atoms with Gasteiger partial charge < -0.3 is 10.2 Å². The van der Waals surface area contributed by atoms with Gasteiger partial charge in [-0.2, -0.15) is 0 Å². The first-order valence-corrected chi connectivity index (χ1v) is 7.96. The number of pyridine rings is 1. The van der Waals surface area contributed by atoms with Crippen molar-refractivity contribution >= 4 is 11.8 Å². The van der Waals surface area contributed by atoms with E-state index in [9.17, 15) is 9.59 Å². The van der Waals surface area contributed by atoms with Gasteiger partial charge in [-0.05, 0) is 38.3 Å². The lowest BCUT2D eigenvalue weighted by Crippen LogP contribution is -2.39. The Kier molecular flexibility index (Phi) is 5.52. The molecule has 5 nitrogen and oxygen atoms in total. The zero-order valence-electron chi connectivity index (χ0n) is 13.6. The zero-order valence-corrected chi connectivity index (χ0v) is 13.6. The lowest BCUT2D eigenvalue weighted by molar-refractivity contribution is -0.133. The number of nitrogens with one attached hydrogen (secondary N) is 1. The highest BCUT2D eigenvalue weighted by atomic mass is 16.2. The van der Waals surface area contributed by atoms with E-state index in [-0.39, 0.29) is 23.8 Å². The van der Waals surface area contributed by atoms with E-state index in [0.29, 0.717) is 25.4 Å². The van der Waals surface area contributed by atoms with Crippen LogP contribution in [0.15, 0.2) is 24.4 Å². The average molecular weight is 303 g/mol. The van der Waals surface area contributed by atoms with Crippen LogP contribution in [0.1, 0.15) is 39.3 Å². The normalized spacial score (nSPS) is 19.8. The molecule has 1 fully saturated rings. The van der Waals surface area contributed by atoms with Crippen LogP contribution >= 0.6 is 0 Å². The Bertz CT molecular complexity index is 516. The molecule has 0 aliphatic heterocycles. The fraction of sp³-hybridized carbons (Fsp3) is 0.588. The number of aromatic nitrogens is 1. The van der Waals surface area contributed by atoms with Gasteiger partial charge in [0.2, 0.25) is 11.8 Å². The predicted molar refractivity (Wildman–Crippen MR) is 84.8 cm³/mol. The summed E-state index contributed by atoms with van der Waals surface area (Å²) in [5.74, 6) is 0.780. The van der Waals surface area contributed by atoms with E-state index in [2.05, 4.69) is 17.2 Å². The summed E-state index contributed by atoms with van der Waals surface area (Å²) in [5, 5.41) is 2.86. The quantitative estimate of drug-likeness (QED) is 0.838. The van der Waals surface area contributed by atoms with Crippen LogP contribution in [0.4, 0.5) is 0 Å². The predicted octanol–water partition coefficient (Wildman–Crippen LogP) is 1.98. The summed E-state index contributed by atoms with van der Waals surface area (Å²) in [5.41, 5.74) is 0.875. The molecule has 0 unspecified atom stereocenters. The number of amides is 2. The first kappa shape index (κ1) is 16.5. The van der Waals surface area contributed by atoms with Crippen LogP contribution in [-0.2, 0) is 16.1 Å². The highest BCUT2D eigenvalue weighted by Gasteiger charge is 2.38. The maximum atomic E-state index is 12.4. The lowest BCUT2D eigenvalue weighted by Gasteiger charge is -2.26. The summed E-state index contributed by atoms with van der Waals surface area (Å²) in [6, 6.07) is 5.80. The van der Waals surface area contributed by atoms with Crippen LogP contribution in [-0.4, -0.2) is 34.3 Å². The number of rotatable bonds is 7. The molecule has 1 aromatic rings. The van der Waals surface area contributed by atoms with Crippen LogP contribution in [0.25, 0.3) is 0 Å². The van der Waals surface area contributed by atoms with E-state index in [4.69, 9.17) is 0 Å². The van der Waals surface area contributed by atoms with Gasteiger partial charge in [0.25, 0.3) is 0 Å². The highest BCUT2D eigenvalue weighted by Crippen LogP contribution is 2.37. The van der Waals surface area contributed by atoms with Gasteiger partial charge in [-0.3, -0.25) is 14.6 Å². The average Bonchev–Trinajstić information content (AvgIpc) is 3.22.